The van der Waals surface area contributed by atoms with Crippen LogP contribution in [-0.2, 0) is 19.3 Å². The van der Waals surface area contributed by atoms with Crippen LogP contribution in [0.15, 0.2) is 41.4 Å². The summed E-state index contributed by atoms with van der Waals surface area (Å²) < 4.78 is 0. The molecule has 0 N–H and O–H groups in total. The van der Waals surface area contributed by atoms with E-state index in [0.717, 1.165) is 34.6 Å². The molecular weight excluding hydrogens is 326 g/mol. The van der Waals surface area contributed by atoms with Crippen molar-refractivity contribution in [2.24, 2.45) is 0 Å². The molecule has 1 atom stereocenters. The van der Waals surface area contributed by atoms with Crippen molar-refractivity contribution in [2.75, 3.05) is 6.26 Å². The minimum atomic E-state index is 0.341. The number of benzene rings is 1. The third-order valence-corrected chi connectivity index (χ3v) is 5.72. The van der Waals surface area contributed by atoms with Crippen LogP contribution >= 0.6 is 11.8 Å². The van der Waals surface area contributed by atoms with Gasteiger partial charge in [-0.15, -0.1) is 11.8 Å². The molecule has 0 fully saturated rings. The number of thioether (sulfide) groups is 1. The molecule has 0 saturated carbocycles. The van der Waals surface area contributed by atoms with Gasteiger partial charge in [0.25, 0.3) is 0 Å². The number of hydrogen-bond donors (Lipinski definition) is 0. The Hall–Kier alpha value is -1.94. The first-order chi connectivity index (χ1) is 12.2. The number of aromatic nitrogens is 3. The standard InChI is InChI=1S/C21H23N3S/c1-14(16-12-11-15-7-3-4-8-17(15)22-16)13-20-21(25-2)24-19-10-6-5-9-18(19)23-20/h5-6,9-12,14H,3-4,7-8,13H2,1-2H3. The number of hydrogen-bond acceptors (Lipinski definition) is 4. The van der Waals surface area contributed by atoms with Crippen molar-refractivity contribution in [1.82, 2.24) is 15.0 Å². The van der Waals surface area contributed by atoms with Crippen LogP contribution in [0.4, 0.5) is 0 Å². The van der Waals surface area contributed by atoms with Crippen molar-refractivity contribution in [3.63, 3.8) is 0 Å². The van der Waals surface area contributed by atoms with E-state index < -0.39 is 0 Å². The first-order valence-corrected chi connectivity index (χ1v) is 10.3. The molecule has 3 aromatic rings. The van der Waals surface area contributed by atoms with Crippen LogP contribution in [0.1, 0.15) is 48.3 Å². The lowest BCUT2D eigenvalue weighted by molar-refractivity contribution is 0.644. The molecule has 0 aliphatic heterocycles. The summed E-state index contributed by atoms with van der Waals surface area (Å²) in [4.78, 5) is 14.7. The molecular formula is C21H23N3S. The zero-order valence-corrected chi connectivity index (χ0v) is 15.6. The van der Waals surface area contributed by atoms with Crippen LogP contribution < -0.4 is 0 Å². The number of nitrogens with zero attached hydrogens (tertiary/aromatic N) is 3. The van der Waals surface area contributed by atoms with Crippen LogP contribution in [0.25, 0.3) is 11.0 Å². The highest BCUT2D eigenvalue weighted by atomic mass is 32.2. The van der Waals surface area contributed by atoms with Crippen LogP contribution in [0.2, 0.25) is 0 Å². The maximum absolute atomic E-state index is 4.97. The normalized spacial score (nSPS) is 15.1. The van der Waals surface area contributed by atoms with Gasteiger partial charge >= 0.3 is 0 Å². The second-order valence-corrected chi connectivity index (χ2v) is 7.62. The van der Waals surface area contributed by atoms with Gasteiger partial charge in [-0.05, 0) is 55.7 Å². The van der Waals surface area contributed by atoms with Crippen molar-refractivity contribution < 1.29 is 0 Å². The molecule has 0 bridgehead atoms. The summed E-state index contributed by atoms with van der Waals surface area (Å²) in [5.74, 6) is 0.341. The molecule has 4 rings (SSSR count). The van der Waals surface area contributed by atoms with Gasteiger partial charge in [-0.3, -0.25) is 4.98 Å². The Labute approximate surface area is 153 Å². The van der Waals surface area contributed by atoms with Crippen LogP contribution in [0.5, 0.6) is 0 Å². The monoisotopic (exact) mass is 349 g/mol. The Morgan fingerprint density at radius 2 is 1.72 bits per heavy atom. The van der Waals surface area contributed by atoms with Crippen LogP contribution in [0, 0.1) is 0 Å². The largest absolute Gasteiger partial charge is 0.257 e. The molecule has 0 saturated heterocycles. The lowest BCUT2D eigenvalue weighted by atomic mass is 9.93. The number of aryl methyl sites for hydroxylation is 2. The molecule has 1 aromatic carbocycles. The highest BCUT2D eigenvalue weighted by Gasteiger charge is 2.17. The SMILES string of the molecule is CSc1nc2ccccc2nc1CC(C)c1ccc2c(n1)CCCC2. The molecule has 1 unspecified atom stereocenters. The average Bonchev–Trinajstić information content (AvgIpc) is 2.67. The maximum atomic E-state index is 4.97. The van der Waals surface area contributed by atoms with E-state index in [1.165, 1.54) is 36.2 Å². The van der Waals surface area contributed by atoms with E-state index in [0.29, 0.717) is 5.92 Å². The second-order valence-electron chi connectivity index (χ2n) is 6.82. The number of rotatable bonds is 4. The van der Waals surface area contributed by atoms with Crippen molar-refractivity contribution in [1.29, 1.82) is 0 Å². The van der Waals surface area contributed by atoms with Crippen LogP contribution in [-0.4, -0.2) is 21.2 Å². The first kappa shape index (κ1) is 16.5. The highest BCUT2D eigenvalue weighted by Crippen LogP contribution is 2.27. The summed E-state index contributed by atoms with van der Waals surface area (Å²) in [6.07, 6.45) is 7.83. The van der Waals surface area contributed by atoms with Gasteiger partial charge in [0, 0.05) is 23.7 Å². The lowest BCUT2D eigenvalue weighted by Gasteiger charge is -2.18. The summed E-state index contributed by atoms with van der Waals surface area (Å²) >= 11 is 1.68. The summed E-state index contributed by atoms with van der Waals surface area (Å²) in [5.41, 5.74) is 6.96. The van der Waals surface area contributed by atoms with Crippen LogP contribution in [0.3, 0.4) is 0 Å². The van der Waals surface area contributed by atoms with E-state index in [9.17, 15) is 0 Å². The van der Waals surface area contributed by atoms with Gasteiger partial charge in [0.2, 0.25) is 0 Å². The number of pyridine rings is 1. The molecule has 1 aliphatic rings. The molecule has 2 aromatic heterocycles. The van der Waals surface area contributed by atoms with E-state index in [-0.39, 0.29) is 0 Å². The fourth-order valence-electron chi connectivity index (χ4n) is 3.58. The van der Waals surface area contributed by atoms with Crippen molar-refractivity contribution in [3.05, 3.63) is 59.0 Å². The maximum Gasteiger partial charge on any atom is 0.118 e. The Morgan fingerprint density at radius 3 is 2.52 bits per heavy atom. The Bertz CT molecular complexity index is 907. The van der Waals surface area contributed by atoms with Gasteiger partial charge in [0.15, 0.2) is 0 Å². The number of para-hydroxylation sites is 2. The zero-order chi connectivity index (χ0) is 17.2. The molecule has 0 amide bonds. The van der Waals surface area contributed by atoms with Crippen molar-refractivity contribution in [3.8, 4) is 0 Å². The predicted molar refractivity (Wildman–Crippen MR) is 104 cm³/mol. The summed E-state index contributed by atoms with van der Waals surface area (Å²) in [6.45, 7) is 2.25. The minimum Gasteiger partial charge on any atom is -0.257 e. The molecule has 4 heteroatoms. The quantitative estimate of drug-likeness (QED) is 0.623. The predicted octanol–water partition coefficient (Wildman–Crippen LogP) is 4.97. The average molecular weight is 350 g/mol. The van der Waals surface area contributed by atoms with E-state index in [4.69, 9.17) is 15.0 Å². The third kappa shape index (κ3) is 3.40. The summed E-state index contributed by atoms with van der Waals surface area (Å²) in [7, 11) is 0. The fourth-order valence-corrected chi connectivity index (χ4v) is 4.14. The molecule has 0 spiro atoms. The van der Waals surface area contributed by atoms with E-state index in [1.54, 1.807) is 11.8 Å². The van der Waals surface area contributed by atoms with Gasteiger partial charge in [0.1, 0.15) is 5.03 Å². The van der Waals surface area contributed by atoms with E-state index >= 15 is 0 Å². The Morgan fingerprint density at radius 1 is 0.960 bits per heavy atom. The van der Waals surface area contributed by atoms with Gasteiger partial charge in [-0.1, -0.05) is 25.1 Å². The summed E-state index contributed by atoms with van der Waals surface area (Å²) in [5, 5.41) is 1.03. The summed E-state index contributed by atoms with van der Waals surface area (Å²) in [6, 6.07) is 12.6. The molecule has 1 aliphatic carbocycles. The molecule has 128 valence electrons. The minimum absolute atomic E-state index is 0.341. The zero-order valence-electron chi connectivity index (χ0n) is 14.8. The molecule has 2 heterocycles. The first-order valence-electron chi connectivity index (χ1n) is 9.03. The topological polar surface area (TPSA) is 38.7 Å². The second kappa shape index (κ2) is 7.12. The molecule has 0 radical (unpaired) electrons. The smallest absolute Gasteiger partial charge is 0.118 e. The van der Waals surface area contributed by atoms with Crippen molar-refractivity contribution >= 4 is 22.8 Å². The Kier molecular flexibility index (Phi) is 4.71. The van der Waals surface area contributed by atoms with Gasteiger partial charge in [-0.2, -0.15) is 0 Å². The molecule has 3 nitrogen and oxygen atoms in total. The fraction of sp³-hybridized carbons (Fsp3) is 0.381. The van der Waals surface area contributed by atoms with Crippen molar-refractivity contribution in [2.45, 2.75) is 50.0 Å². The Balaban J connectivity index is 1.64. The van der Waals surface area contributed by atoms with E-state index in [2.05, 4.69) is 25.3 Å². The highest BCUT2D eigenvalue weighted by molar-refractivity contribution is 7.98. The van der Waals surface area contributed by atoms with Gasteiger partial charge < -0.3 is 0 Å². The van der Waals surface area contributed by atoms with Gasteiger partial charge in [-0.25, -0.2) is 9.97 Å². The third-order valence-electron chi connectivity index (χ3n) is 5.00. The molecule has 25 heavy (non-hydrogen) atoms. The van der Waals surface area contributed by atoms with Gasteiger partial charge in [0.05, 0.1) is 16.7 Å². The lowest BCUT2D eigenvalue weighted by Crippen LogP contribution is -2.10. The number of fused-ring (bicyclic) bond motifs is 2. The van der Waals surface area contributed by atoms with E-state index in [1.807, 2.05) is 24.3 Å².